The van der Waals surface area contributed by atoms with Gasteiger partial charge in [-0.05, 0) is 24.5 Å². The summed E-state index contributed by atoms with van der Waals surface area (Å²) < 4.78 is 4.92. The molecule has 0 saturated heterocycles. The predicted octanol–water partition coefficient (Wildman–Crippen LogP) is 2.58. The van der Waals surface area contributed by atoms with Crippen LogP contribution in [0.15, 0.2) is 40.8 Å². The van der Waals surface area contributed by atoms with Gasteiger partial charge in [-0.1, -0.05) is 12.1 Å². The molecule has 0 fully saturated rings. The number of carbonyl (C=O) groups excluding carboxylic acids is 1. The van der Waals surface area contributed by atoms with Crippen molar-refractivity contribution < 1.29 is 9.53 Å². The maximum absolute atomic E-state index is 11.4. The fourth-order valence-corrected chi connectivity index (χ4v) is 2.90. The molecule has 1 aromatic carbocycles. The number of anilines is 1. The largest absolute Gasteiger partial charge is 0.462 e. The molecule has 1 aliphatic heterocycles. The lowest BCUT2D eigenvalue weighted by Gasteiger charge is -2.15. The molecule has 4 heteroatoms. The molecule has 0 bridgehead atoms. The molecule has 1 heterocycles. The highest BCUT2D eigenvalue weighted by Crippen LogP contribution is 2.36. The molecule has 1 aliphatic rings. The second-order valence-electron chi connectivity index (χ2n) is 3.18. The Morgan fingerprint density at radius 3 is 3.12 bits per heavy atom. The smallest absolute Gasteiger partial charge is 0.337 e. The van der Waals surface area contributed by atoms with Crippen molar-refractivity contribution in [1.29, 1.82) is 0 Å². The van der Waals surface area contributed by atoms with E-state index in [2.05, 4.69) is 5.32 Å². The summed E-state index contributed by atoms with van der Waals surface area (Å²) in [6, 6.07) is 7.96. The molecular formula is C12H13NO2S. The Morgan fingerprint density at radius 1 is 1.50 bits per heavy atom. The van der Waals surface area contributed by atoms with Crippen LogP contribution in [-0.2, 0) is 9.53 Å². The zero-order valence-electron chi connectivity index (χ0n) is 8.97. The van der Waals surface area contributed by atoms with Gasteiger partial charge in [-0.15, -0.1) is 10.5 Å². The van der Waals surface area contributed by atoms with Gasteiger partial charge in [0.15, 0.2) is 0 Å². The van der Waals surface area contributed by atoms with Gasteiger partial charge in [0, 0.05) is 11.1 Å². The summed E-state index contributed by atoms with van der Waals surface area (Å²) in [7, 11) is -0.294. The van der Waals surface area contributed by atoms with Crippen molar-refractivity contribution in [3.8, 4) is 0 Å². The van der Waals surface area contributed by atoms with Crippen LogP contribution < -0.4 is 5.32 Å². The summed E-state index contributed by atoms with van der Waals surface area (Å²) in [5.41, 5.74) is 1.05. The van der Waals surface area contributed by atoms with E-state index in [-0.39, 0.29) is 16.5 Å². The highest BCUT2D eigenvalue weighted by molar-refractivity contribution is 8.18. The lowest BCUT2D eigenvalue weighted by atomic mass is 10.3. The molecule has 2 rings (SSSR count). The highest BCUT2D eigenvalue weighted by atomic mass is 32.2. The van der Waals surface area contributed by atoms with Gasteiger partial charge in [0.2, 0.25) is 0 Å². The monoisotopic (exact) mass is 235 g/mol. The van der Waals surface area contributed by atoms with Crippen molar-refractivity contribution in [2.45, 2.75) is 11.8 Å². The number of para-hydroxylation sites is 1. The summed E-state index contributed by atoms with van der Waals surface area (Å²) in [4.78, 5) is 12.5. The van der Waals surface area contributed by atoms with Gasteiger partial charge in [-0.2, -0.15) is 0 Å². The molecule has 0 aliphatic carbocycles. The first-order valence-corrected chi connectivity index (χ1v) is 6.42. The Hall–Kier alpha value is -1.55. The SMILES string of the molecule is CCOC(=O)C=S1C=CNc2ccccc21. The first kappa shape index (κ1) is 11.0. The van der Waals surface area contributed by atoms with Crippen LogP contribution in [0.5, 0.6) is 0 Å². The molecule has 1 unspecified atom stereocenters. The minimum Gasteiger partial charge on any atom is -0.462 e. The minimum atomic E-state index is -0.294. The summed E-state index contributed by atoms with van der Waals surface area (Å²) in [5.74, 6) is -0.257. The topological polar surface area (TPSA) is 38.3 Å². The van der Waals surface area contributed by atoms with Crippen molar-refractivity contribution >= 4 is 27.5 Å². The lowest BCUT2D eigenvalue weighted by Crippen LogP contribution is -2.06. The number of benzene rings is 1. The molecule has 16 heavy (non-hydrogen) atoms. The fourth-order valence-electron chi connectivity index (χ4n) is 1.44. The van der Waals surface area contributed by atoms with E-state index < -0.39 is 0 Å². The Kier molecular flexibility index (Phi) is 3.41. The van der Waals surface area contributed by atoms with Crippen LogP contribution in [0.25, 0.3) is 0 Å². The molecule has 84 valence electrons. The van der Waals surface area contributed by atoms with E-state index >= 15 is 0 Å². The van der Waals surface area contributed by atoms with Crippen LogP contribution in [0.4, 0.5) is 5.69 Å². The maximum Gasteiger partial charge on any atom is 0.337 e. The van der Waals surface area contributed by atoms with E-state index in [1.54, 1.807) is 12.3 Å². The molecule has 0 amide bonds. The van der Waals surface area contributed by atoms with Crippen molar-refractivity contribution in [3.05, 3.63) is 35.9 Å². The van der Waals surface area contributed by atoms with E-state index in [4.69, 9.17) is 4.74 Å². The van der Waals surface area contributed by atoms with Crippen LogP contribution in [0.2, 0.25) is 0 Å². The maximum atomic E-state index is 11.4. The van der Waals surface area contributed by atoms with Crippen molar-refractivity contribution in [3.63, 3.8) is 0 Å². The summed E-state index contributed by atoms with van der Waals surface area (Å²) in [6.45, 7) is 2.22. The Balaban J connectivity index is 2.32. The summed E-state index contributed by atoms with van der Waals surface area (Å²) in [6.07, 6.45) is 1.86. The minimum absolute atomic E-state index is 0.257. The quantitative estimate of drug-likeness (QED) is 0.632. The highest BCUT2D eigenvalue weighted by Gasteiger charge is 2.09. The summed E-state index contributed by atoms with van der Waals surface area (Å²) in [5, 5.41) is 6.75. The number of nitrogens with one attached hydrogen (secondary N) is 1. The molecule has 3 nitrogen and oxygen atoms in total. The lowest BCUT2D eigenvalue weighted by molar-refractivity contribution is -0.134. The van der Waals surface area contributed by atoms with Crippen molar-refractivity contribution in [2.24, 2.45) is 0 Å². The third kappa shape index (κ3) is 2.33. The van der Waals surface area contributed by atoms with Crippen LogP contribution in [0, 0.1) is 0 Å². The standard InChI is InChI=1S/C12H13NO2S/c1-2-15-12(14)9-16-8-7-13-10-5-3-4-6-11(10)16/h3-9,13H,2H2,1H3. The number of carbonyl (C=O) groups is 1. The first-order valence-electron chi connectivity index (χ1n) is 5.07. The van der Waals surface area contributed by atoms with E-state index in [9.17, 15) is 4.79 Å². The molecule has 0 aromatic heterocycles. The van der Waals surface area contributed by atoms with E-state index in [0.29, 0.717) is 6.61 Å². The number of ether oxygens (including phenoxy) is 1. The van der Waals surface area contributed by atoms with E-state index in [1.807, 2.05) is 35.9 Å². The van der Waals surface area contributed by atoms with Crippen molar-refractivity contribution in [1.82, 2.24) is 0 Å². The van der Waals surface area contributed by atoms with Crippen LogP contribution >= 0.6 is 10.5 Å². The second-order valence-corrected chi connectivity index (χ2v) is 4.88. The molecule has 1 N–H and O–H groups in total. The number of fused-ring (bicyclic) bond motifs is 1. The average Bonchev–Trinajstić information content (AvgIpc) is 2.30. The second kappa shape index (κ2) is 4.99. The number of hydrogen-bond donors (Lipinski definition) is 1. The van der Waals surface area contributed by atoms with Crippen molar-refractivity contribution in [2.75, 3.05) is 11.9 Å². The van der Waals surface area contributed by atoms with E-state index in [1.165, 1.54) is 0 Å². The number of rotatable bonds is 2. The third-order valence-corrected chi connectivity index (χ3v) is 3.84. The van der Waals surface area contributed by atoms with E-state index in [0.717, 1.165) is 10.6 Å². The predicted molar refractivity (Wildman–Crippen MR) is 67.8 cm³/mol. The first-order chi connectivity index (χ1) is 7.81. The number of hydrogen-bond acceptors (Lipinski definition) is 3. The fraction of sp³-hybridized carbons (Fsp3) is 0.167. The molecule has 0 saturated carbocycles. The van der Waals surface area contributed by atoms with Gasteiger partial charge < -0.3 is 10.1 Å². The van der Waals surface area contributed by atoms with Gasteiger partial charge in [0.1, 0.15) is 0 Å². The van der Waals surface area contributed by atoms with Crippen LogP contribution in [-0.4, -0.2) is 17.9 Å². The van der Waals surface area contributed by atoms with Crippen LogP contribution in [0.1, 0.15) is 6.92 Å². The Labute approximate surface area is 97.0 Å². The molecule has 1 aromatic rings. The Morgan fingerprint density at radius 2 is 2.31 bits per heavy atom. The molecular weight excluding hydrogens is 222 g/mol. The normalized spacial score (nSPS) is 17.7. The third-order valence-electron chi connectivity index (χ3n) is 2.10. The van der Waals surface area contributed by atoms with Gasteiger partial charge in [0.25, 0.3) is 0 Å². The summed E-state index contributed by atoms with van der Waals surface area (Å²) >= 11 is 0. The van der Waals surface area contributed by atoms with Gasteiger partial charge >= 0.3 is 5.97 Å². The van der Waals surface area contributed by atoms with Gasteiger partial charge in [0.05, 0.1) is 17.7 Å². The average molecular weight is 235 g/mol. The molecule has 0 spiro atoms. The van der Waals surface area contributed by atoms with Crippen LogP contribution in [0.3, 0.4) is 0 Å². The molecule has 0 radical (unpaired) electrons. The Bertz CT molecular complexity index is 466. The number of esters is 1. The molecule has 1 atom stereocenters. The zero-order chi connectivity index (χ0) is 11.4. The zero-order valence-corrected chi connectivity index (χ0v) is 9.79. The van der Waals surface area contributed by atoms with Gasteiger partial charge in [-0.3, -0.25) is 0 Å². The van der Waals surface area contributed by atoms with Gasteiger partial charge in [-0.25, -0.2) is 4.79 Å².